The molecule has 1 N–H and O–H groups in total. The molecule has 4 unspecified atom stereocenters. The van der Waals surface area contributed by atoms with Crippen molar-refractivity contribution < 1.29 is 18.3 Å². The molecule has 3 rings (SSSR count). The minimum absolute atomic E-state index is 0.0740. The Morgan fingerprint density at radius 1 is 1.14 bits per heavy atom. The molecule has 0 bridgehead atoms. The SMILES string of the molecule is CS(=O)(=O)N1CCCC(C(=O)N2CC3CCC(O)C3C2)C1. The highest BCUT2D eigenvalue weighted by atomic mass is 32.2. The number of amides is 1. The van der Waals surface area contributed by atoms with Crippen LogP contribution in [0.3, 0.4) is 0 Å². The Morgan fingerprint density at radius 3 is 2.57 bits per heavy atom. The van der Waals surface area contributed by atoms with Crippen molar-refractivity contribution in [1.82, 2.24) is 9.21 Å². The molecule has 1 amide bonds. The third-order valence-corrected chi connectivity index (χ3v) is 6.60. The van der Waals surface area contributed by atoms with Crippen LogP contribution in [0.1, 0.15) is 25.7 Å². The van der Waals surface area contributed by atoms with Crippen LogP contribution < -0.4 is 0 Å². The second-order valence-electron chi connectivity index (χ2n) is 6.77. The van der Waals surface area contributed by atoms with Crippen molar-refractivity contribution in [3.63, 3.8) is 0 Å². The summed E-state index contributed by atoms with van der Waals surface area (Å²) in [4.78, 5) is 14.5. The minimum Gasteiger partial charge on any atom is -0.393 e. The summed E-state index contributed by atoms with van der Waals surface area (Å²) in [6, 6.07) is 0. The second kappa shape index (κ2) is 5.52. The monoisotopic (exact) mass is 316 g/mol. The molecule has 2 heterocycles. The smallest absolute Gasteiger partial charge is 0.227 e. The van der Waals surface area contributed by atoms with Gasteiger partial charge in [0.25, 0.3) is 0 Å². The number of hydrogen-bond acceptors (Lipinski definition) is 4. The first-order chi connectivity index (χ1) is 9.86. The van der Waals surface area contributed by atoms with Gasteiger partial charge >= 0.3 is 0 Å². The van der Waals surface area contributed by atoms with Crippen LogP contribution in [-0.4, -0.2) is 67.2 Å². The number of hydrogen-bond donors (Lipinski definition) is 1. The van der Waals surface area contributed by atoms with Crippen LogP contribution >= 0.6 is 0 Å². The molecular formula is C14H24N2O4S. The number of aliphatic hydroxyl groups excluding tert-OH is 1. The summed E-state index contributed by atoms with van der Waals surface area (Å²) in [5.41, 5.74) is 0. The number of aliphatic hydroxyl groups is 1. The molecule has 0 radical (unpaired) electrons. The average molecular weight is 316 g/mol. The maximum atomic E-state index is 12.6. The molecule has 3 aliphatic rings. The van der Waals surface area contributed by atoms with Crippen LogP contribution in [0.25, 0.3) is 0 Å². The predicted octanol–water partition coefficient (Wildman–Crippen LogP) is -0.113. The van der Waals surface area contributed by atoms with E-state index in [4.69, 9.17) is 0 Å². The molecule has 2 saturated heterocycles. The number of carbonyl (C=O) groups is 1. The lowest BCUT2D eigenvalue weighted by atomic mass is 9.98. The molecular weight excluding hydrogens is 292 g/mol. The Kier molecular flexibility index (Phi) is 4.00. The fourth-order valence-corrected chi connectivity index (χ4v) is 5.03. The largest absolute Gasteiger partial charge is 0.393 e. The first kappa shape index (κ1) is 15.2. The van der Waals surface area contributed by atoms with E-state index in [0.717, 1.165) is 32.2 Å². The predicted molar refractivity (Wildman–Crippen MR) is 77.9 cm³/mol. The van der Waals surface area contributed by atoms with Crippen molar-refractivity contribution in [3.8, 4) is 0 Å². The summed E-state index contributed by atoms with van der Waals surface area (Å²) in [7, 11) is -3.22. The molecule has 2 aliphatic heterocycles. The summed E-state index contributed by atoms with van der Waals surface area (Å²) in [6.07, 6.45) is 4.28. The van der Waals surface area contributed by atoms with Gasteiger partial charge in [0.2, 0.25) is 15.9 Å². The average Bonchev–Trinajstić information content (AvgIpc) is 3.00. The van der Waals surface area contributed by atoms with Crippen LogP contribution in [0.4, 0.5) is 0 Å². The van der Waals surface area contributed by atoms with E-state index in [0.29, 0.717) is 25.6 Å². The minimum atomic E-state index is -3.22. The lowest BCUT2D eigenvalue weighted by Crippen LogP contribution is -2.46. The fourth-order valence-electron chi connectivity index (χ4n) is 4.12. The highest BCUT2D eigenvalue weighted by Crippen LogP contribution is 2.39. The van der Waals surface area contributed by atoms with Crippen molar-refractivity contribution in [1.29, 1.82) is 0 Å². The Balaban J connectivity index is 1.63. The third-order valence-electron chi connectivity index (χ3n) is 5.33. The molecule has 0 aromatic heterocycles. The molecule has 1 saturated carbocycles. The molecule has 3 fully saturated rings. The Labute approximate surface area is 126 Å². The van der Waals surface area contributed by atoms with Gasteiger partial charge < -0.3 is 10.0 Å². The van der Waals surface area contributed by atoms with Gasteiger partial charge in [-0.1, -0.05) is 0 Å². The lowest BCUT2D eigenvalue weighted by Gasteiger charge is -2.32. The fraction of sp³-hybridized carbons (Fsp3) is 0.929. The zero-order chi connectivity index (χ0) is 15.2. The maximum absolute atomic E-state index is 12.6. The van der Waals surface area contributed by atoms with Crippen molar-refractivity contribution in [2.45, 2.75) is 31.8 Å². The van der Waals surface area contributed by atoms with E-state index in [-0.39, 0.29) is 23.8 Å². The molecule has 6 nitrogen and oxygen atoms in total. The third kappa shape index (κ3) is 2.96. The molecule has 21 heavy (non-hydrogen) atoms. The van der Waals surface area contributed by atoms with Crippen molar-refractivity contribution in [2.24, 2.45) is 17.8 Å². The number of sulfonamides is 1. The van der Waals surface area contributed by atoms with E-state index in [1.807, 2.05) is 4.90 Å². The van der Waals surface area contributed by atoms with E-state index in [2.05, 4.69) is 0 Å². The first-order valence-electron chi connectivity index (χ1n) is 7.78. The van der Waals surface area contributed by atoms with Gasteiger partial charge in [0.1, 0.15) is 0 Å². The van der Waals surface area contributed by atoms with E-state index in [1.54, 1.807) is 0 Å². The van der Waals surface area contributed by atoms with Gasteiger partial charge in [0.15, 0.2) is 0 Å². The summed E-state index contributed by atoms with van der Waals surface area (Å²) < 4.78 is 24.7. The van der Waals surface area contributed by atoms with Crippen molar-refractivity contribution in [3.05, 3.63) is 0 Å². The molecule has 1 aliphatic carbocycles. The number of likely N-dealkylation sites (tertiary alicyclic amines) is 1. The van der Waals surface area contributed by atoms with Gasteiger partial charge in [0.05, 0.1) is 18.3 Å². The van der Waals surface area contributed by atoms with E-state index >= 15 is 0 Å². The van der Waals surface area contributed by atoms with Crippen LogP contribution in [0, 0.1) is 17.8 Å². The zero-order valence-electron chi connectivity index (χ0n) is 12.4. The van der Waals surface area contributed by atoms with Crippen molar-refractivity contribution >= 4 is 15.9 Å². The maximum Gasteiger partial charge on any atom is 0.227 e. The number of nitrogens with zero attached hydrogens (tertiary/aromatic N) is 2. The van der Waals surface area contributed by atoms with Crippen LogP contribution in [-0.2, 0) is 14.8 Å². The molecule has 7 heteroatoms. The summed E-state index contributed by atoms with van der Waals surface area (Å²) in [5.74, 6) is 0.511. The number of piperidine rings is 1. The normalized spacial score (nSPS) is 37.7. The number of fused-ring (bicyclic) bond motifs is 1. The number of rotatable bonds is 2. The van der Waals surface area contributed by atoms with Gasteiger partial charge in [-0.15, -0.1) is 0 Å². The van der Waals surface area contributed by atoms with E-state index in [9.17, 15) is 18.3 Å². The Hall–Kier alpha value is -0.660. The first-order valence-corrected chi connectivity index (χ1v) is 9.63. The number of carbonyl (C=O) groups excluding carboxylic acids is 1. The van der Waals surface area contributed by atoms with Gasteiger partial charge in [-0.25, -0.2) is 12.7 Å². The summed E-state index contributed by atoms with van der Waals surface area (Å²) >= 11 is 0. The quantitative estimate of drug-likeness (QED) is 0.771. The Morgan fingerprint density at radius 2 is 1.90 bits per heavy atom. The van der Waals surface area contributed by atoms with Crippen molar-refractivity contribution in [2.75, 3.05) is 32.4 Å². The van der Waals surface area contributed by atoms with Crippen LogP contribution in [0.2, 0.25) is 0 Å². The Bertz CT molecular complexity index is 521. The van der Waals surface area contributed by atoms with Gasteiger partial charge in [-0.05, 0) is 31.6 Å². The summed E-state index contributed by atoms with van der Waals surface area (Å²) in [6.45, 7) is 2.20. The molecule has 0 aromatic rings. The molecule has 4 atom stereocenters. The highest BCUT2D eigenvalue weighted by Gasteiger charge is 2.44. The summed E-state index contributed by atoms with van der Waals surface area (Å²) in [5, 5.41) is 9.93. The standard InChI is InChI=1S/C14H24N2O4S/c1-21(19,20)16-6-2-3-11(8-16)14(18)15-7-10-4-5-13(17)12(10)9-15/h10-13,17H,2-9H2,1H3. The topological polar surface area (TPSA) is 77.9 Å². The molecule has 0 aromatic carbocycles. The molecule has 120 valence electrons. The van der Waals surface area contributed by atoms with E-state index in [1.165, 1.54) is 10.6 Å². The van der Waals surface area contributed by atoms with Crippen LogP contribution in [0.5, 0.6) is 0 Å². The molecule has 0 spiro atoms. The van der Waals surface area contributed by atoms with Gasteiger partial charge in [-0.2, -0.15) is 0 Å². The van der Waals surface area contributed by atoms with Gasteiger partial charge in [0, 0.05) is 32.1 Å². The van der Waals surface area contributed by atoms with Gasteiger partial charge in [-0.3, -0.25) is 4.79 Å². The lowest BCUT2D eigenvalue weighted by molar-refractivity contribution is -0.136. The van der Waals surface area contributed by atoms with Crippen LogP contribution in [0.15, 0.2) is 0 Å². The highest BCUT2D eigenvalue weighted by molar-refractivity contribution is 7.88. The zero-order valence-corrected chi connectivity index (χ0v) is 13.3. The van der Waals surface area contributed by atoms with E-state index < -0.39 is 10.0 Å². The second-order valence-corrected chi connectivity index (χ2v) is 8.75.